The van der Waals surface area contributed by atoms with Gasteiger partial charge in [0.1, 0.15) is 16.4 Å². The average Bonchev–Trinajstić information content (AvgIpc) is 2.73. The van der Waals surface area contributed by atoms with Gasteiger partial charge in [-0.1, -0.05) is 0 Å². The molecule has 0 saturated carbocycles. The molecule has 0 aliphatic carbocycles. The molecule has 0 spiro atoms. The third kappa shape index (κ3) is 1.97. The van der Waals surface area contributed by atoms with Crippen molar-refractivity contribution in [2.75, 3.05) is 12.3 Å². The first-order chi connectivity index (χ1) is 8.35. The summed E-state index contributed by atoms with van der Waals surface area (Å²) in [6, 6.07) is 1.61. The lowest BCUT2D eigenvalue weighted by Gasteiger charge is -2.21. The summed E-state index contributed by atoms with van der Waals surface area (Å²) in [5.41, 5.74) is 4.42. The predicted octanol–water partition coefficient (Wildman–Crippen LogP) is 1.72. The number of anilines is 1. The van der Waals surface area contributed by atoms with Crippen LogP contribution in [0.2, 0.25) is 0 Å². The van der Waals surface area contributed by atoms with Gasteiger partial charge in [0, 0.05) is 12.6 Å². The molecule has 7 heteroatoms. The van der Waals surface area contributed by atoms with E-state index in [0.717, 1.165) is 25.0 Å². The first-order valence-corrected chi connectivity index (χ1v) is 7.05. The molecule has 0 radical (unpaired) electrons. The van der Waals surface area contributed by atoms with Crippen LogP contribution in [0.25, 0.3) is 0 Å². The number of halogens is 2. The predicted molar refractivity (Wildman–Crippen MR) is 63.4 cm³/mol. The van der Waals surface area contributed by atoms with Gasteiger partial charge in [0.15, 0.2) is 5.82 Å². The van der Waals surface area contributed by atoms with E-state index < -0.39 is 32.2 Å². The largest absolute Gasteiger partial charge is 0.394 e. The molecule has 1 aromatic rings. The molecule has 1 fully saturated rings. The Morgan fingerprint density at radius 3 is 2.61 bits per heavy atom. The van der Waals surface area contributed by atoms with Gasteiger partial charge in [0.2, 0.25) is 10.0 Å². The van der Waals surface area contributed by atoms with Gasteiger partial charge in [-0.25, -0.2) is 17.2 Å². The van der Waals surface area contributed by atoms with Crippen molar-refractivity contribution in [3.8, 4) is 0 Å². The number of rotatable bonds is 2. The van der Waals surface area contributed by atoms with Crippen molar-refractivity contribution in [2.24, 2.45) is 0 Å². The van der Waals surface area contributed by atoms with Crippen molar-refractivity contribution in [3.05, 3.63) is 23.8 Å². The summed E-state index contributed by atoms with van der Waals surface area (Å²) in [7, 11) is -3.95. The first-order valence-electron chi connectivity index (χ1n) is 5.61. The van der Waals surface area contributed by atoms with E-state index in [4.69, 9.17) is 5.73 Å². The van der Waals surface area contributed by atoms with Crippen LogP contribution in [0, 0.1) is 11.6 Å². The lowest BCUT2D eigenvalue weighted by molar-refractivity contribution is 0.404. The highest BCUT2D eigenvalue weighted by Gasteiger charge is 2.35. The molecule has 1 aliphatic heterocycles. The SMILES string of the molecule is CC1CCCN1S(=O)(=O)c1ccc(F)c(N)c1F. The number of nitrogen functional groups attached to an aromatic ring is 1. The zero-order valence-electron chi connectivity index (χ0n) is 9.86. The Morgan fingerprint density at radius 2 is 2.06 bits per heavy atom. The highest BCUT2D eigenvalue weighted by Crippen LogP contribution is 2.29. The second-order valence-electron chi connectivity index (χ2n) is 4.38. The zero-order valence-corrected chi connectivity index (χ0v) is 10.7. The fourth-order valence-corrected chi connectivity index (χ4v) is 3.92. The second kappa shape index (κ2) is 4.47. The molecule has 2 N–H and O–H groups in total. The standard InChI is InChI=1S/C11H14F2N2O2S/c1-7-3-2-6-15(7)18(16,17)9-5-4-8(12)11(14)10(9)13/h4-5,7H,2-3,6,14H2,1H3. The van der Waals surface area contributed by atoms with Crippen molar-refractivity contribution < 1.29 is 17.2 Å². The van der Waals surface area contributed by atoms with Gasteiger partial charge < -0.3 is 5.73 Å². The number of nitrogens with zero attached hydrogens (tertiary/aromatic N) is 1. The molecule has 1 atom stereocenters. The Labute approximate surface area is 104 Å². The zero-order chi connectivity index (χ0) is 13.5. The number of nitrogens with two attached hydrogens (primary N) is 1. The fourth-order valence-electron chi connectivity index (χ4n) is 2.14. The van der Waals surface area contributed by atoms with Gasteiger partial charge >= 0.3 is 0 Å². The van der Waals surface area contributed by atoms with E-state index in [1.54, 1.807) is 6.92 Å². The van der Waals surface area contributed by atoms with Crippen LogP contribution in [-0.2, 0) is 10.0 Å². The van der Waals surface area contributed by atoms with Crippen LogP contribution >= 0.6 is 0 Å². The summed E-state index contributed by atoms with van der Waals surface area (Å²) >= 11 is 0. The van der Waals surface area contributed by atoms with Crippen molar-refractivity contribution in [1.29, 1.82) is 0 Å². The third-order valence-corrected chi connectivity index (χ3v) is 5.20. The Kier molecular flexibility index (Phi) is 3.29. The van der Waals surface area contributed by atoms with E-state index in [2.05, 4.69) is 0 Å². The van der Waals surface area contributed by atoms with Crippen LogP contribution in [0.1, 0.15) is 19.8 Å². The maximum absolute atomic E-state index is 13.8. The van der Waals surface area contributed by atoms with E-state index in [0.29, 0.717) is 6.54 Å². The van der Waals surface area contributed by atoms with E-state index in [1.165, 1.54) is 4.31 Å². The van der Waals surface area contributed by atoms with Crippen molar-refractivity contribution in [2.45, 2.75) is 30.7 Å². The summed E-state index contributed by atoms with van der Waals surface area (Å²) in [6.07, 6.45) is 1.47. The van der Waals surface area contributed by atoms with E-state index in [-0.39, 0.29) is 6.04 Å². The van der Waals surface area contributed by atoms with Gasteiger partial charge in [-0.2, -0.15) is 4.31 Å². The molecule has 18 heavy (non-hydrogen) atoms. The lowest BCUT2D eigenvalue weighted by atomic mass is 10.3. The molecule has 0 aromatic heterocycles. The summed E-state index contributed by atoms with van der Waals surface area (Å²) in [6.45, 7) is 2.11. The Morgan fingerprint density at radius 1 is 1.39 bits per heavy atom. The Balaban J connectivity index is 2.51. The van der Waals surface area contributed by atoms with Crippen LogP contribution < -0.4 is 5.73 Å². The van der Waals surface area contributed by atoms with Gasteiger partial charge in [0.25, 0.3) is 0 Å². The van der Waals surface area contributed by atoms with E-state index in [1.807, 2.05) is 0 Å². The summed E-state index contributed by atoms with van der Waals surface area (Å²) in [4.78, 5) is -0.560. The smallest absolute Gasteiger partial charge is 0.246 e. The monoisotopic (exact) mass is 276 g/mol. The van der Waals surface area contributed by atoms with E-state index >= 15 is 0 Å². The molecule has 2 rings (SSSR count). The molecular weight excluding hydrogens is 262 g/mol. The van der Waals surface area contributed by atoms with Gasteiger partial charge in [-0.15, -0.1) is 0 Å². The van der Waals surface area contributed by atoms with E-state index in [9.17, 15) is 17.2 Å². The molecule has 1 unspecified atom stereocenters. The molecule has 100 valence electrons. The molecule has 1 heterocycles. The Hall–Kier alpha value is -1.21. The molecule has 0 bridgehead atoms. The molecule has 1 aromatic carbocycles. The fraction of sp³-hybridized carbons (Fsp3) is 0.455. The maximum atomic E-state index is 13.8. The maximum Gasteiger partial charge on any atom is 0.246 e. The summed E-state index contributed by atoms with van der Waals surface area (Å²) in [5.74, 6) is -2.17. The molecule has 0 amide bonds. The molecular formula is C11H14F2N2O2S. The normalized spacial score (nSPS) is 21.4. The first kappa shape index (κ1) is 13.2. The minimum atomic E-state index is -3.95. The topological polar surface area (TPSA) is 63.4 Å². The minimum absolute atomic E-state index is 0.180. The number of sulfonamides is 1. The average molecular weight is 276 g/mol. The minimum Gasteiger partial charge on any atom is -0.394 e. The number of hydrogen-bond acceptors (Lipinski definition) is 3. The number of benzene rings is 1. The molecule has 1 saturated heterocycles. The quantitative estimate of drug-likeness (QED) is 0.837. The van der Waals surface area contributed by atoms with Crippen LogP contribution in [0.4, 0.5) is 14.5 Å². The highest BCUT2D eigenvalue weighted by molar-refractivity contribution is 7.89. The summed E-state index contributed by atoms with van der Waals surface area (Å²) in [5, 5.41) is 0. The highest BCUT2D eigenvalue weighted by atomic mass is 32.2. The lowest BCUT2D eigenvalue weighted by Crippen LogP contribution is -2.34. The van der Waals surface area contributed by atoms with Crippen molar-refractivity contribution in [3.63, 3.8) is 0 Å². The van der Waals surface area contributed by atoms with Crippen molar-refractivity contribution in [1.82, 2.24) is 4.31 Å². The second-order valence-corrected chi connectivity index (χ2v) is 6.24. The number of hydrogen-bond donors (Lipinski definition) is 1. The van der Waals surface area contributed by atoms with Gasteiger partial charge in [0.05, 0.1) is 0 Å². The van der Waals surface area contributed by atoms with Crippen LogP contribution in [0.3, 0.4) is 0 Å². The van der Waals surface area contributed by atoms with Gasteiger partial charge in [-0.05, 0) is 31.9 Å². The van der Waals surface area contributed by atoms with Crippen LogP contribution in [-0.4, -0.2) is 25.3 Å². The summed E-state index contributed by atoms with van der Waals surface area (Å²) < 4.78 is 52.5. The van der Waals surface area contributed by atoms with Crippen molar-refractivity contribution >= 4 is 15.7 Å². The Bertz CT molecular complexity index is 575. The molecule has 4 nitrogen and oxygen atoms in total. The molecule has 1 aliphatic rings. The van der Waals surface area contributed by atoms with Crippen LogP contribution in [0.5, 0.6) is 0 Å². The third-order valence-electron chi connectivity index (χ3n) is 3.17. The van der Waals surface area contributed by atoms with Crippen LogP contribution in [0.15, 0.2) is 17.0 Å². The van der Waals surface area contributed by atoms with Gasteiger partial charge in [-0.3, -0.25) is 0 Å².